The van der Waals surface area contributed by atoms with Gasteiger partial charge in [-0.3, -0.25) is 24.0 Å². The number of ether oxygens (including phenoxy) is 5. The third-order valence-electron chi connectivity index (χ3n) is 9.32. The van der Waals surface area contributed by atoms with E-state index in [2.05, 4.69) is 44.0 Å². The van der Waals surface area contributed by atoms with Gasteiger partial charge in [0.05, 0.1) is 33.0 Å². The Morgan fingerprint density at radius 1 is 0.458 bits per heavy atom. The second kappa shape index (κ2) is 35.5. The van der Waals surface area contributed by atoms with Gasteiger partial charge < -0.3 is 23.7 Å². The van der Waals surface area contributed by atoms with E-state index in [0.717, 1.165) is 85.3 Å². The van der Waals surface area contributed by atoms with E-state index in [-0.39, 0.29) is 36.1 Å². The fourth-order valence-corrected chi connectivity index (χ4v) is 7.05. The molecule has 0 bridgehead atoms. The Balaban J connectivity index is 0.000000590. The zero-order chi connectivity index (χ0) is 43.5. The van der Waals surface area contributed by atoms with Crippen LogP contribution in [0.15, 0.2) is 36.4 Å². The van der Waals surface area contributed by atoms with Crippen LogP contribution in [0.3, 0.4) is 0 Å². The lowest BCUT2D eigenvalue weighted by atomic mass is 9.93. The molecule has 0 aromatic heterocycles. The smallest absolute Gasteiger partial charge is 0.306 e. The highest BCUT2D eigenvalue weighted by atomic mass is 79.9. The summed E-state index contributed by atoms with van der Waals surface area (Å²) in [7, 11) is 0. The normalized spacial score (nSPS) is 10.6. The molecule has 0 unspecified atom stereocenters. The second-order valence-corrected chi connectivity index (χ2v) is 15.7. The number of Topliss-reactive ketones (excluding diaryl/α,β-unsaturated/α-hetero) is 1. The molecule has 332 valence electrons. The van der Waals surface area contributed by atoms with E-state index in [1.807, 2.05) is 38.1 Å². The Morgan fingerprint density at radius 2 is 0.983 bits per heavy atom. The van der Waals surface area contributed by atoms with Crippen LogP contribution in [-0.2, 0) is 63.8 Å². The molecule has 0 saturated heterocycles. The highest BCUT2D eigenvalue weighted by molar-refractivity contribution is 9.09. The zero-order valence-electron chi connectivity index (χ0n) is 36.2. The van der Waals surface area contributed by atoms with Crippen LogP contribution in [0.2, 0.25) is 0 Å². The molecular weight excluding hydrogens is 884 g/mol. The van der Waals surface area contributed by atoms with Crippen LogP contribution in [0.4, 0.5) is 0 Å². The highest BCUT2D eigenvalue weighted by Crippen LogP contribution is 2.24. The topological polar surface area (TPSA) is 132 Å². The van der Waals surface area contributed by atoms with Gasteiger partial charge >= 0.3 is 23.9 Å². The van der Waals surface area contributed by atoms with Crippen molar-refractivity contribution in [2.45, 2.75) is 150 Å². The van der Waals surface area contributed by atoms with E-state index in [1.54, 1.807) is 13.8 Å². The molecule has 10 nitrogen and oxygen atoms in total. The summed E-state index contributed by atoms with van der Waals surface area (Å²) >= 11 is 6.90. The Labute approximate surface area is 370 Å². The Hall–Kier alpha value is -3.25. The molecule has 2 aromatic carbocycles. The number of alkyl halides is 2. The van der Waals surface area contributed by atoms with Gasteiger partial charge in [-0.05, 0) is 139 Å². The number of carbonyl (C=O) groups is 5. The molecule has 0 heterocycles. The minimum absolute atomic E-state index is 0.0144. The average molecular weight is 955 g/mol. The molecule has 2 aromatic rings. The highest BCUT2D eigenvalue weighted by Gasteiger charge is 2.14. The molecule has 0 aliphatic heterocycles. The average Bonchev–Trinajstić information content (AvgIpc) is 3.22. The molecule has 0 fully saturated rings. The minimum Gasteiger partial charge on any atom is -0.493 e. The molecular formula is C47H70Br2O10. The summed E-state index contributed by atoms with van der Waals surface area (Å²) in [5, 5.41) is 2.05. The predicted molar refractivity (Wildman–Crippen MR) is 241 cm³/mol. The molecule has 0 amide bonds. The monoisotopic (exact) mass is 952 g/mol. The number of benzene rings is 2. The first-order valence-electron chi connectivity index (χ1n) is 21.8. The molecule has 0 N–H and O–H groups in total. The molecule has 0 spiro atoms. The SMILES string of the molecule is CCOC(=O)CCCC(=O)c1ccc(CCCCCCBr)c(CCC(=O)OCC)c1.CCOC(=O)CCCCc1ccc(OCCCCCBr)c(CCC(=O)OCC)c1. The Morgan fingerprint density at radius 3 is 1.58 bits per heavy atom. The van der Waals surface area contributed by atoms with Gasteiger partial charge in [-0.1, -0.05) is 69.0 Å². The summed E-state index contributed by atoms with van der Waals surface area (Å²) in [6.45, 7) is 9.44. The van der Waals surface area contributed by atoms with Crippen LogP contribution in [0, 0.1) is 0 Å². The summed E-state index contributed by atoms with van der Waals surface area (Å²) in [6, 6.07) is 12.0. The summed E-state index contributed by atoms with van der Waals surface area (Å²) in [5.41, 5.74) is 5.11. The molecule has 0 aliphatic carbocycles. The van der Waals surface area contributed by atoms with Gasteiger partial charge in [-0.25, -0.2) is 0 Å². The van der Waals surface area contributed by atoms with Crippen molar-refractivity contribution in [3.05, 3.63) is 64.2 Å². The first kappa shape index (κ1) is 53.8. The van der Waals surface area contributed by atoms with Crippen LogP contribution in [0.25, 0.3) is 0 Å². The van der Waals surface area contributed by atoms with Gasteiger partial charge in [-0.15, -0.1) is 0 Å². The van der Waals surface area contributed by atoms with Crippen LogP contribution in [0.1, 0.15) is 157 Å². The van der Waals surface area contributed by atoms with E-state index in [0.29, 0.717) is 83.5 Å². The number of halogens is 2. The standard InChI is InChI=1S/C24H35BrO5.C23H35BrO5/c1-3-29-23(27)12-9-11-22(26)21-14-13-19(10-7-5-6-8-17-25)20(18-21)15-16-24(28)30-4-2;1-3-27-22(25)11-7-6-10-19-12-14-21(29-17-9-5-8-16-24)20(18-19)13-15-23(26)28-4-2/h13-14,18H,3-12,15-17H2,1-2H3;12,14,18H,3-11,13,15-17H2,1-2H3. The van der Waals surface area contributed by atoms with Gasteiger partial charge in [0.25, 0.3) is 0 Å². The van der Waals surface area contributed by atoms with Crippen molar-refractivity contribution in [2.75, 3.05) is 43.7 Å². The van der Waals surface area contributed by atoms with Crippen LogP contribution >= 0.6 is 31.9 Å². The van der Waals surface area contributed by atoms with Crippen molar-refractivity contribution in [3.8, 4) is 5.75 Å². The van der Waals surface area contributed by atoms with Crippen molar-refractivity contribution >= 4 is 61.5 Å². The molecule has 0 radical (unpaired) electrons. The molecule has 0 saturated carbocycles. The number of rotatable bonds is 32. The fraction of sp³-hybridized carbons (Fsp3) is 0.638. The summed E-state index contributed by atoms with van der Waals surface area (Å²) < 4.78 is 26.0. The zero-order valence-corrected chi connectivity index (χ0v) is 39.4. The van der Waals surface area contributed by atoms with E-state index in [1.165, 1.54) is 24.0 Å². The van der Waals surface area contributed by atoms with Crippen molar-refractivity contribution < 1.29 is 47.7 Å². The minimum atomic E-state index is -0.268. The third kappa shape index (κ3) is 26.5. The number of carbonyl (C=O) groups excluding carboxylic acids is 5. The maximum absolute atomic E-state index is 12.6. The van der Waals surface area contributed by atoms with Crippen molar-refractivity contribution in [3.63, 3.8) is 0 Å². The van der Waals surface area contributed by atoms with Gasteiger partial charge in [-0.2, -0.15) is 0 Å². The maximum Gasteiger partial charge on any atom is 0.306 e. The maximum atomic E-state index is 12.6. The third-order valence-corrected chi connectivity index (χ3v) is 10.4. The van der Waals surface area contributed by atoms with Gasteiger partial charge in [0.1, 0.15) is 5.75 Å². The summed E-state index contributed by atoms with van der Waals surface area (Å²) in [5.74, 6) is 0.0634. The quantitative estimate of drug-likeness (QED) is 0.0230. The van der Waals surface area contributed by atoms with Crippen LogP contribution in [0.5, 0.6) is 5.75 Å². The lowest BCUT2D eigenvalue weighted by Crippen LogP contribution is -2.09. The van der Waals surface area contributed by atoms with Crippen molar-refractivity contribution in [1.29, 1.82) is 0 Å². The number of ketones is 1. The largest absolute Gasteiger partial charge is 0.493 e. The fourth-order valence-electron chi connectivity index (χ4n) is 6.26. The van der Waals surface area contributed by atoms with Gasteiger partial charge in [0.15, 0.2) is 5.78 Å². The molecule has 0 atom stereocenters. The van der Waals surface area contributed by atoms with E-state index >= 15 is 0 Å². The molecule has 59 heavy (non-hydrogen) atoms. The van der Waals surface area contributed by atoms with E-state index < -0.39 is 0 Å². The number of unbranched alkanes of at least 4 members (excludes halogenated alkanes) is 6. The lowest BCUT2D eigenvalue weighted by Gasteiger charge is -2.13. The van der Waals surface area contributed by atoms with E-state index in [4.69, 9.17) is 23.7 Å². The number of esters is 4. The summed E-state index contributed by atoms with van der Waals surface area (Å²) in [4.78, 5) is 59.0. The molecule has 12 heteroatoms. The first-order chi connectivity index (χ1) is 28.6. The second-order valence-electron chi connectivity index (χ2n) is 14.1. The molecule has 2 rings (SSSR count). The van der Waals surface area contributed by atoms with Crippen LogP contribution in [-0.4, -0.2) is 73.4 Å². The van der Waals surface area contributed by atoms with Gasteiger partial charge in [0.2, 0.25) is 0 Å². The summed E-state index contributed by atoms with van der Waals surface area (Å²) in [6.07, 6.45) is 14.8. The lowest BCUT2D eigenvalue weighted by molar-refractivity contribution is -0.144. The van der Waals surface area contributed by atoms with Crippen molar-refractivity contribution in [2.24, 2.45) is 0 Å². The molecule has 0 aliphatic rings. The number of aryl methyl sites for hydroxylation is 4. The Kier molecular flexibility index (Phi) is 32.4. The first-order valence-corrected chi connectivity index (χ1v) is 24.0. The van der Waals surface area contributed by atoms with Crippen molar-refractivity contribution in [1.82, 2.24) is 0 Å². The number of hydrogen-bond acceptors (Lipinski definition) is 10. The predicted octanol–water partition coefficient (Wildman–Crippen LogP) is 11.0. The Bertz CT molecular complexity index is 1500. The number of hydrogen-bond donors (Lipinski definition) is 0. The van der Waals surface area contributed by atoms with E-state index in [9.17, 15) is 24.0 Å². The van der Waals surface area contributed by atoms with Gasteiger partial charge in [0, 0.05) is 48.3 Å². The van der Waals surface area contributed by atoms with Crippen LogP contribution < -0.4 is 4.74 Å².